The molecule has 0 saturated carbocycles. The monoisotopic (exact) mass is 324 g/mol. The number of carbonyl (C=O) groups excluding carboxylic acids is 1. The summed E-state index contributed by atoms with van der Waals surface area (Å²) >= 11 is 5.79. The maximum Gasteiger partial charge on any atom is 0.225 e. The number of amides is 1. The molecule has 0 aliphatic rings. The summed E-state index contributed by atoms with van der Waals surface area (Å²) in [6, 6.07) is 10.6. The summed E-state index contributed by atoms with van der Waals surface area (Å²) in [6.07, 6.45) is 0.229. The molecule has 1 amide bonds. The highest BCUT2D eigenvalue weighted by atomic mass is 35.5. The first-order valence-electron chi connectivity index (χ1n) is 6.74. The van der Waals surface area contributed by atoms with Crippen molar-refractivity contribution < 1.29 is 13.6 Å². The highest BCUT2D eigenvalue weighted by Gasteiger charge is 2.06. The number of anilines is 1. The molecule has 2 rings (SSSR count). The minimum atomic E-state index is -0.987. The lowest BCUT2D eigenvalue weighted by Crippen LogP contribution is -2.21. The van der Waals surface area contributed by atoms with Crippen LogP contribution in [0.4, 0.5) is 14.5 Å². The van der Waals surface area contributed by atoms with E-state index in [2.05, 4.69) is 10.6 Å². The fourth-order valence-corrected chi connectivity index (χ4v) is 1.96. The van der Waals surface area contributed by atoms with Crippen molar-refractivity contribution in [3.63, 3.8) is 0 Å². The van der Waals surface area contributed by atoms with E-state index >= 15 is 0 Å². The lowest BCUT2D eigenvalue weighted by atomic mass is 10.2. The van der Waals surface area contributed by atoms with E-state index in [9.17, 15) is 13.6 Å². The van der Waals surface area contributed by atoms with E-state index in [1.165, 1.54) is 6.07 Å². The summed E-state index contributed by atoms with van der Waals surface area (Å²) in [5.74, 6) is -2.20. The number of nitrogens with one attached hydrogen (secondary N) is 2. The molecular formula is C16H15ClF2N2O. The number of rotatable bonds is 6. The molecule has 3 nitrogen and oxygen atoms in total. The van der Waals surface area contributed by atoms with Crippen LogP contribution in [-0.2, 0) is 11.3 Å². The molecule has 22 heavy (non-hydrogen) atoms. The third-order valence-corrected chi connectivity index (χ3v) is 3.23. The molecule has 0 aliphatic carbocycles. The minimum absolute atomic E-state index is 0.229. The Bertz CT molecular complexity index is 647. The summed E-state index contributed by atoms with van der Waals surface area (Å²) < 4.78 is 25.8. The van der Waals surface area contributed by atoms with Crippen LogP contribution in [0.5, 0.6) is 0 Å². The maximum atomic E-state index is 13.0. The molecule has 2 aromatic rings. The third kappa shape index (κ3) is 5.09. The average molecular weight is 325 g/mol. The number of benzene rings is 2. The van der Waals surface area contributed by atoms with Crippen molar-refractivity contribution in [2.45, 2.75) is 13.0 Å². The van der Waals surface area contributed by atoms with Crippen LogP contribution in [0.15, 0.2) is 42.5 Å². The van der Waals surface area contributed by atoms with Crippen LogP contribution in [0.3, 0.4) is 0 Å². The van der Waals surface area contributed by atoms with Gasteiger partial charge in [-0.2, -0.15) is 0 Å². The van der Waals surface area contributed by atoms with Gasteiger partial charge in [-0.1, -0.05) is 23.7 Å². The van der Waals surface area contributed by atoms with Crippen LogP contribution < -0.4 is 10.6 Å². The van der Waals surface area contributed by atoms with Crippen LogP contribution in [0.1, 0.15) is 12.0 Å². The van der Waals surface area contributed by atoms with Gasteiger partial charge in [-0.15, -0.1) is 0 Å². The molecule has 0 fully saturated rings. The summed E-state index contributed by atoms with van der Waals surface area (Å²) in [5.41, 5.74) is 1.30. The molecule has 116 valence electrons. The number of hydrogen-bond donors (Lipinski definition) is 2. The highest BCUT2D eigenvalue weighted by Crippen LogP contribution is 2.13. The van der Waals surface area contributed by atoms with Gasteiger partial charge in [-0.3, -0.25) is 4.79 Å². The van der Waals surface area contributed by atoms with Crippen molar-refractivity contribution in [1.29, 1.82) is 0 Å². The maximum absolute atomic E-state index is 13.0. The number of hydrogen-bond acceptors (Lipinski definition) is 2. The first-order valence-corrected chi connectivity index (χ1v) is 7.12. The SMILES string of the molecule is O=C(CCNCc1ccc(Cl)cc1)Nc1ccc(F)c(F)c1. The molecule has 2 N–H and O–H groups in total. The van der Waals surface area contributed by atoms with Gasteiger partial charge in [0.25, 0.3) is 0 Å². The quantitative estimate of drug-likeness (QED) is 0.795. The van der Waals surface area contributed by atoms with Gasteiger partial charge in [0.2, 0.25) is 5.91 Å². The molecule has 6 heteroatoms. The molecule has 0 heterocycles. The third-order valence-electron chi connectivity index (χ3n) is 2.97. The zero-order chi connectivity index (χ0) is 15.9. The zero-order valence-corrected chi connectivity index (χ0v) is 12.5. The molecule has 0 saturated heterocycles. The predicted octanol–water partition coefficient (Wildman–Crippen LogP) is 3.74. The second-order valence-electron chi connectivity index (χ2n) is 4.73. The Morgan fingerprint density at radius 1 is 1.05 bits per heavy atom. The number of halogens is 3. The Labute approximate surface area is 132 Å². The Balaban J connectivity index is 1.71. The zero-order valence-electron chi connectivity index (χ0n) is 11.7. The normalized spacial score (nSPS) is 10.5. The van der Waals surface area contributed by atoms with Gasteiger partial charge in [0.1, 0.15) is 0 Å². The molecule has 0 aliphatic heterocycles. The summed E-state index contributed by atoms with van der Waals surface area (Å²) in [4.78, 5) is 11.7. The van der Waals surface area contributed by atoms with E-state index in [-0.39, 0.29) is 18.0 Å². The summed E-state index contributed by atoms with van der Waals surface area (Å²) in [5, 5.41) is 6.31. The van der Waals surface area contributed by atoms with E-state index in [4.69, 9.17) is 11.6 Å². The summed E-state index contributed by atoms with van der Waals surface area (Å²) in [7, 11) is 0. The van der Waals surface area contributed by atoms with E-state index in [1.807, 2.05) is 12.1 Å². The first kappa shape index (κ1) is 16.4. The second-order valence-corrected chi connectivity index (χ2v) is 5.17. The molecule has 0 aromatic heterocycles. The van der Waals surface area contributed by atoms with Gasteiger partial charge in [0.15, 0.2) is 11.6 Å². The van der Waals surface area contributed by atoms with Gasteiger partial charge in [-0.25, -0.2) is 8.78 Å². The van der Waals surface area contributed by atoms with Gasteiger partial charge < -0.3 is 10.6 Å². The Morgan fingerprint density at radius 3 is 2.45 bits per heavy atom. The predicted molar refractivity (Wildman–Crippen MR) is 82.8 cm³/mol. The highest BCUT2D eigenvalue weighted by molar-refractivity contribution is 6.30. The molecule has 0 atom stereocenters. The Hall–Kier alpha value is -1.98. The van der Waals surface area contributed by atoms with Crippen molar-refractivity contribution >= 4 is 23.2 Å². The van der Waals surface area contributed by atoms with Crippen molar-refractivity contribution in [2.24, 2.45) is 0 Å². The second kappa shape index (κ2) is 7.87. The Morgan fingerprint density at radius 2 is 1.77 bits per heavy atom. The van der Waals surface area contributed by atoms with Crippen LogP contribution in [-0.4, -0.2) is 12.5 Å². The first-order chi connectivity index (χ1) is 10.5. The van der Waals surface area contributed by atoms with Gasteiger partial charge in [0.05, 0.1) is 0 Å². The topological polar surface area (TPSA) is 41.1 Å². The largest absolute Gasteiger partial charge is 0.326 e. The van der Waals surface area contributed by atoms with Crippen molar-refractivity contribution in [1.82, 2.24) is 5.32 Å². The molecule has 0 spiro atoms. The fourth-order valence-electron chi connectivity index (χ4n) is 1.83. The van der Waals surface area contributed by atoms with Crippen molar-refractivity contribution in [3.05, 3.63) is 64.7 Å². The van der Waals surface area contributed by atoms with E-state index in [0.717, 1.165) is 17.7 Å². The van der Waals surface area contributed by atoms with Crippen molar-refractivity contribution in [3.8, 4) is 0 Å². The smallest absolute Gasteiger partial charge is 0.225 e. The summed E-state index contributed by atoms with van der Waals surface area (Å²) in [6.45, 7) is 1.09. The molecule has 2 aromatic carbocycles. The van der Waals surface area contributed by atoms with Gasteiger partial charge in [-0.05, 0) is 29.8 Å². The Kier molecular flexibility index (Phi) is 5.86. The van der Waals surface area contributed by atoms with Crippen LogP contribution >= 0.6 is 11.6 Å². The van der Waals surface area contributed by atoms with Crippen molar-refractivity contribution in [2.75, 3.05) is 11.9 Å². The lowest BCUT2D eigenvalue weighted by Gasteiger charge is -2.07. The minimum Gasteiger partial charge on any atom is -0.326 e. The molecule has 0 radical (unpaired) electrons. The van der Waals surface area contributed by atoms with Gasteiger partial charge >= 0.3 is 0 Å². The molecule has 0 unspecified atom stereocenters. The van der Waals surface area contributed by atoms with Gasteiger partial charge in [0, 0.05) is 36.3 Å². The van der Waals surface area contributed by atoms with E-state index in [0.29, 0.717) is 18.1 Å². The van der Waals surface area contributed by atoms with Crippen LogP contribution in [0.2, 0.25) is 5.02 Å². The fraction of sp³-hybridized carbons (Fsp3) is 0.188. The van der Waals surface area contributed by atoms with Crippen LogP contribution in [0, 0.1) is 11.6 Å². The lowest BCUT2D eigenvalue weighted by molar-refractivity contribution is -0.116. The average Bonchev–Trinajstić information content (AvgIpc) is 2.49. The van der Waals surface area contributed by atoms with E-state index in [1.54, 1.807) is 12.1 Å². The van der Waals surface area contributed by atoms with Crippen LogP contribution in [0.25, 0.3) is 0 Å². The standard InChI is InChI=1S/C16H15ClF2N2O/c17-12-3-1-11(2-4-12)10-20-8-7-16(22)21-13-5-6-14(18)15(19)9-13/h1-6,9,20H,7-8,10H2,(H,21,22). The van der Waals surface area contributed by atoms with E-state index < -0.39 is 11.6 Å². The molecular weight excluding hydrogens is 310 g/mol. The molecule has 0 bridgehead atoms. The number of carbonyl (C=O) groups is 1.